The highest BCUT2D eigenvalue weighted by molar-refractivity contribution is 6.05. The average Bonchev–Trinajstić information content (AvgIpc) is 2.95. The highest BCUT2D eigenvalue weighted by Gasteiger charge is 2.14. The predicted octanol–water partition coefficient (Wildman–Crippen LogP) is 3.82. The lowest BCUT2D eigenvalue weighted by Crippen LogP contribution is -1.92. The molecule has 0 radical (unpaired) electrons. The van der Waals surface area contributed by atoms with Gasteiger partial charge in [-0.05, 0) is 37.3 Å². The first-order valence-corrected chi connectivity index (χ1v) is 6.35. The van der Waals surface area contributed by atoms with Gasteiger partial charge in [0.25, 0.3) is 0 Å². The highest BCUT2D eigenvalue weighted by atomic mass is 15.0. The standard InChI is InChI=1S/C16H13N3/c1-11-10-14-16(18-11)15-13(8-5-9-17-15)19(14)12-6-3-2-4-7-12/h2-10,18H,1H3. The fourth-order valence-electron chi connectivity index (χ4n) is 2.69. The number of nitrogens with one attached hydrogen (secondary N) is 1. The molecule has 3 heterocycles. The lowest BCUT2D eigenvalue weighted by atomic mass is 10.3. The van der Waals surface area contributed by atoms with Crippen molar-refractivity contribution in [1.82, 2.24) is 14.5 Å². The average molecular weight is 247 g/mol. The van der Waals surface area contributed by atoms with E-state index in [1.807, 2.05) is 18.3 Å². The van der Waals surface area contributed by atoms with Crippen molar-refractivity contribution in [3.63, 3.8) is 0 Å². The van der Waals surface area contributed by atoms with Crippen LogP contribution in [0, 0.1) is 6.92 Å². The Hall–Kier alpha value is -2.55. The van der Waals surface area contributed by atoms with Crippen molar-refractivity contribution in [2.75, 3.05) is 0 Å². The Labute approximate surface area is 110 Å². The van der Waals surface area contributed by atoms with Gasteiger partial charge in [-0.25, -0.2) is 0 Å². The number of H-pyrrole nitrogens is 1. The first-order valence-electron chi connectivity index (χ1n) is 6.35. The second-order valence-corrected chi connectivity index (χ2v) is 4.75. The largest absolute Gasteiger partial charge is 0.356 e. The predicted molar refractivity (Wildman–Crippen MR) is 77.7 cm³/mol. The number of rotatable bonds is 1. The third kappa shape index (κ3) is 1.41. The molecule has 0 bridgehead atoms. The Morgan fingerprint density at radius 3 is 2.68 bits per heavy atom. The molecule has 0 aliphatic rings. The van der Waals surface area contributed by atoms with Gasteiger partial charge in [0.2, 0.25) is 0 Å². The van der Waals surface area contributed by atoms with Crippen LogP contribution in [0.3, 0.4) is 0 Å². The molecule has 92 valence electrons. The van der Waals surface area contributed by atoms with Crippen LogP contribution in [-0.2, 0) is 0 Å². The minimum absolute atomic E-state index is 1.02. The molecule has 0 unspecified atom stereocenters. The Kier molecular flexibility index (Phi) is 2.03. The monoisotopic (exact) mass is 247 g/mol. The summed E-state index contributed by atoms with van der Waals surface area (Å²) in [7, 11) is 0. The quantitative estimate of drug-likeness (QED) is 0.545. The zero-order valence-electron chi connectivity index (χ0n) is 10.6. The minimum Gasteiger partial charge on any atom is -0.356 e. The molecule has 3 nitrogen and oxygen atoms in total. The molecule has 0 amide bonds. The highest BCUT2D eigenvalue weighted by Crippen LogP contribution is 2.30. The van der Waals surface area contributed by atoms with E-state index in [1.54, 1.807) is 0 Å². The topological polar surface area (TPSA) is 33.6 Å². The molecule has 4 rings (SSSR count). The molecule has 3 heteroatoms. The molecule has 0 saturated heterocycles. The van der Waals surface area contributed by atoms with Crippen LogP contribution >= 0.6 is 0 Å². The van der Waals surface area contributed by atoms with Crippen LogP contribution in [-0.4, -0.2) is 14.5 Å². The van der Waals surface area contributed by atoms with Gasteiger partial charge >= 0.3 is 0 Å². The van der Waals surface area contributed by atoms with Crippen LogP contribution in [0.5, 0.6) is 0 Å². The number of nitrogens with zero attached hydrogens (tertiary/aromatic N) is 2. The SMILES string of the molecule is Cc1cc2c([nH]1)c1ncccc1n2-c1ccccc1. The van der Waals surface area contributed by atoms with Crippen molar-refractivity contribution in [2.24, 2.45) is 0 Å². The third-order valence-corrected chi connectivity index (χ3v) is 3.45. The van der Waals surface area contributed by atoms with E-state index in [1.165, 1.54) is 5.52 Å². The lowest BCUT2D eigenvalue weighted by Gasteiger charge is -2.05. The Morgan fingerprint density at radius 1 is 1.00 bits per heavy atom. The van der Waals surface area contributed by atoms with Crippen molar-refractivity contribution in [3.8, 4) is 5.69 Å². The van der Waals surface area contributed by atoms with Gasteiger partial charge < -0.3 is 9.55 Å². The summed E-state index contributed by atoms with van der Waals surface area (Å²) in [5.74, 6) is 0. The Balaban J connectivity index is 2.22. The molecule has 19 heavy (non-hydrogen) atoms. The number of aromatic amines is 1. The second-order valence-electron chi connectivity index (χ2n) is 4.75. The van der Waals surface area contributed by atoms with Gasteiger partial charge in [0, 0.05) is 17.6 Å². The summed E-state index contributed by atoms with van der Waals surface area (Å²) in [4.78, 5) is 7.93. The van der Waals surface area contributed by atoms with Crippen LogP contribution in [0.2, 0.25) is 0 Å². The van der Waals surface area contributed by atoms with Crippen LogP contribution in [0.4, 0.5) is 0 Å². The summed E-state index contributed by atoms with van der Waals surface area (Å²) in [6.07, 6.45) is 1.84. The molecule has 1 aromatic carbocycles. The van der Waals surface area contributed by atoms with Crippen LogP contribution in [0.1, 0.15) is 5.69 Å². The zero-order valence-corrected chi connectivity index (χ0v) is 10.6. The Morgan fingerprint density at radius 2 is 1.84 bits per heavy atom. The second kappa shape index (κ2) is 3.72. The first-order chi connectivity index (χ1) is 9.34. The number of hydrogen-bond acceptors (Lipinski definition) is 1. The molecular weight excluding hydrogens is 234 g/mol. The van der Waals surface area contributed by atoms with E-state index in [9.17, 15) is 0 Å². The number of para-hydroxylation sites is 1. The zero-order chi connectivity index (χ0) is 12.8. The Bertz CT molecular complexity index is 869. The fraction of sp³-hybridized carbons (Fsp3) is 0.0625. The normalized spacial score (nSPS) is 11.4. The molecule has 0 spiro atoms. The summed E-state index contributed by atoms with van der Waals surface area (Å²) in [5, 5.41) is 0. The van der Waals surface area contributed by atoms with E-state index in [-0.39, 0.29) is 0 Å². The number of fused-ring (bicyclic) bond motifs is 3. The van der Waals surface area contributed by atoms with Crippen molar-refractivity contribution < 1.29 is 0 Å². The van der Waals surface area contributed by atoms with Gasteiger partial charge in [0.15, 0.2) is 0 Å². The van der Waals surface area contributed by atoms with Gasteiger partial charge in [-0.2, -0.15) is 0 Å². The van der Waals surface area contributed by atoms with E-state index < -0.39 is 0 Å². The molecule has 0 aliphatic heterocycles. The third-order valence-electron chi connectivity index (χ3n) is 3.45. The summed E-state index contributed by atoms with van der Waals surface area (Å²) in [6.45, 7) is 2.07. The molecule has 0 saturated carbocycles. The molecule has 0 fully saturated rings. The molecule has 3 aromatic heterocycles. The maximum absolute atomic E-state index is 4.52. The maximum Gasteiger partial charge on any atom is 0.113 e. The van der Waals surface area contributed by atoms with Crippen LogP contribution in [0.15, 0.2) is 54.7 Å². The van der Waals surface area contributed by atoms with E-state index in [0.29, 0.717) is 0 Å². The lowest BCUT2D eigenvalue weighted by molar-refractivity contribution is 1.17. The summed E-state index contributed by atoms with van der Waals surface area (Å²) >= 11 is 0. The van der Waals surface area contributed by atoms with Gasteiger partial charge in [-0.1, -0.05) is 18.2 Å². The van der Waals surface area contributed by atoms with E-state index in [4.69, 9.17) is 0 Å². The fourth-order valence-corrected chi connectivity index (χ4v) is 2.69. The minimum atomic E-state index is 1.02. The van der Waals surface area contributed by atoms with Gasteiger partial charge in [-0.3, -0.25) is 4.98 Å². The van der Waals surface area contributed by atoms with Crippen molar-refractivity contribution in [3.05, 3.63) is 60.4 Å². The van der Waals surface area contributed by atoms with E-state index in [0.717, 1.165) is 27.9 Å². The first kappa shape index (κ1) is 10.4. The summed E-state index contributed by atoms with van der Waals surface area (Å²) < 4.78 is 2.25. The van der Waals surface area contributed by atoms with E-state index in [2.05, 4.69) is 57.9 Å². The van der Waals surface area contributed by atoms with Crippen molar-refractivity contribution in [2.45, 2.75) is 6.92 Å². The van der Waals surface area contributed by atoms with Crippen molar-refractivity contribution in [1.29, 1.82) is 0 Å². The summed E-state index contributed by atoms with van der Waals surface area (Å²) in [6, 6.07) is 16.7. The van der Waals surface area contributed by atoms with Crippen LogP contribution in [0.25, 0.3) is 27.8 Å². The van der Waals surface area contributed by atoms with Gasteiger partial charge in [0.05, 0.1) is 16.6 Å². The molecule has 0 atom stereocenters. The van der Waals surface area contributed by atoms with Crippen molar-refractivity contribution >= 4 is 22.1 Å². The number of aryl methyl sites for hydroxylation is 1. The smallest absolute Gasteiger partial charge is 0.113 e. The van der Waals surface area contributed by atoms with Gasteiger partial charge in [0.1, 0.15) is 5.52 Å². The van der Waals surface area contributed by atoms with Crippen LogP contribution < -0.4 is 0 Å². The van der Waals surface area contributed by atoms with E-state index >= 15 is 0 Å². The number of aromatic nitrogens is 3. The maximum atomic E-state index is 4.52. The summed E-state index contributed by atoms with van der Waals surface area (Å²) in [5.41, 5.74) is 6.76. The number of pyridine rings is 1. The molecule has 0 aliphatic carbocycles. The molecular formula is C16H13N3. The molecule has 4 aromatic rings. The number of benzene rings is 1. The molecule has 1 N–H and O–H groups in total. The van der Waals surface area contributed by atoms with Gasteiger partial charge in [-0.15, -0.1) is 0 Å². The number of hydrogen-bond donors (Lipinski definition) is 1.